The molecule has 2 rings (SSSR count). The lowest BCUT2D eigenvalue weighted by atomic mass is 10.4. The van der Waals surface area contributed by atoms with Gasteiger partial charge < -0.3 is 0 Å². The molecule has 1 heterocycles. The number of aromatic amines is 1. The first-order chi connectivity index (χ1) is 7.53. The number of H-pyrrole nitrogens is 1. The second-order valence-corrected chi connectivity index (χ2v) is 5.07. The molecule has 1 aromatic carbocycles. The maximum atomic E-state index is 12.0. The number of rotatable bonds is 2. The van der Waals surface area contributed by atoms with Crippen LogP contribution in [0.5, 0.6) is 0 Å². The summed E-state index contributed by atoms with van der Waals surface area (Å²) in [6.45, 7) is 1.36. The number of aromatic nitrogens is 2. The number of nitrogens with one attached hydrogen (secondary N) is 1. The second kappa shape index (κ2) is 3.60. The highest BCUT2D eigenvalue weighted by Gasteiger charge is 2.30. The van der Waals surface area contributed by atoms with Crippen molar-refractivity contribution in [3.05, 3.63) is 40.9 Å². The first-order valence-electron chi connectivity index (χ1n) is 4.45. The molecule has 6 nitrogen and oxygen atoms in total. The monoisotopic (exact) mass is 241 g/mol. The maximum Gasteiger partial charge on any atom is 0.310 e. The number of benzene rings is 1. The first kappa shape index (κ1) is 10.6. The highest BCUT2D eigenvalue weighted by atomic mass is 32.2. The van der Waals surface area contributed by atoms with E-state index in [-0.39, 0.29) is 20.2 Å². The molecule has 2 aromatic rings. The molecule has 0 aliphatic rings. The highest BCUT2D eigenvalue weighted by Crippen LogP contribution is 2.19. The third kappa shape index (κ3) is 1.54. The van der Waals surface area contributed by atoms with Gasteiger partial charge >= 0.3 is 5.03 Å². The van der Waals surface area contributed by atoms with Gasteiger partial charge in [-0.1, -0.05) is 28.0 Å². The van der Waals surface area contributed by atoms with Gasteiger partial charge in [0.2, 0.25) is 0 Å². The van der Waals surface area contributed by atoms with Crippen LogP contribution in [0.3, 0.4) is 0 Å². The Morgan fingerprint density at radius 3 is 2.38 bits per heavy atom. The SMILES string of the molecule is Cc1c(S(=O)(=O)c2ccccc2)[nH]o[n+]1=O. The van der Waals surface area contributed by atoms with Crippen molar-refractivity contribution in [2.75, 3.05) is 0 Å². The van der Waals surface area contributed by atoms with E-state index in [0.717, 1.165) is 0 Å². The van der Waals surface area contributed by atoms with Gasteiger partial charge in [0, 0.05) is 6.92 Å². The molecule has 0 radical (unpaired) electrons. The van der Waals surface area contributed by atoms with Gasteiger partial charge in [-0.15, -0.1) is 0 Å². The van der Waals surface area contributed by atoms with Gasteiger partial charge in [0.1, 0.15) is 0 Å². The van der Waals surface area contributed by atoms with Gasteiger partial charge in [0.25, 0.3) is 15.5 Å². The van der Waals surface area contributed by atoms with Crippen LogP contribution in [-0.4, -0.2) is 13.6 Å². The summed E-state index contributed by atoms with van der Waals surface area (Å²) in [6, 6.07) is 7.81. The van der Waals surface area contributed by atoms with Crippen LogP contribution in [0.15, 0.2) is 44.9 Å². The quantitative estimate of drug-likeness (QED) is 0.837. The first-order valence-corrected chi connectivity index (χ1v) is 5.93. The summed E-state index contributed by atoms with van der Waals surface area (Å²) in [6.07, 6.45) is 0. The molecule has 0 aliphatic heterocycles. The van der Waals surface area contributed by atoms with E-state index in [9.17, 15) is 13.3 Å². The third-order valence-electron chi connectivity index (χ3n) is 2.15. The van der Waals surface area contributed by atoms with Crippen molar-refractivity contribution >= 4 is 9.84 Å². The summed E-state index contributed by atoms with van der Waals surface area (Å²) in [4.78, 5) is 11.1. The number of hydrogen-bond donors (Lipinski definition) is 1. The molecule has 0 aliphatic carbocycles. The fourth-order valence-electron chi connectivity index (χ4n) is 1.27. The summed E-state index contributed by atoms with van der Waals surface area (Å²) in [5.74, 6) is 0. The van der Waals surface area contributed by atoms with E-state index >= 15 is 0 Å². The molecule has 1 N–H and O–H groups in total. The predicted molar refractivity (Wildman–Crippen MR) is 53.1 cm³/mol. The van der Waals surface area contributed by atoms with Crippen LogP contribution in [0.4, 0.5) is 0 Å². The van der Waals surface area contributed by atoms with Crippen molar-refractivity contribution < 1.29 is 17.6 Å². The third-order valence-corrected chi connectivity index (χ3v) is 3.95. The zero-order valence-corrected chi connectivity index (χ0v) is 9.19. The van der Waals surface area contributed by atoms with E-state index in [0.29, 0.717) is 0 Å². The van der Waals surface area contributed by atoms with Crippen LogP contribution in [0.1, 0.15) is 5.69 Å². The average molecular weight is 241 g/mol. The summed E-state index contributed by atoms with van der Waals surface area (Å²) in [7, 11) is -3.72. The fraction of sp³-hybridized carbons (Fsp3) is 0.111. The van der Waals surface area contributed by atoms with Crippen LogP contribution in [-0.2, 0) is 9.84 Å². The molecule has 0 amide bonds. The molecule has 7 heteroatoms. The molecule has 84 valence electrons. The Balaban J connectivity index is 2.66. The van der Waals surface area contributed by atoms with Crippen molar-refractivity contribution in [3.8, 4) is 0 Å². The molecule has 0 saturated carbocycles. The molecule has 0 bridgehead atoms. The van der Waals surface area contributed by atoms with Gasteiger partial charge in [0.15, 0.2) is 4.60 Å². The molecule has 1 aromatic heterocycles. The van der Waals surface area contributed by atoms with Crippen LogP contribution in [0.2, 0.25) is 0 Å². The molecule has 16 heavy (non-hydrogen) atoms. The van der Waals surface area contributed by atoms with E-state index in [1.165, 1.54) is 19.1 Å². The Bertz CT molecular complexity index is 654. The second-order valence-electron chi connectivity index (χ2n) is 3.18. The van der Waals surface area contributed by atoms with Crippen LogP contribution < -0.4 is 4.60 Å². The van der Waals surface area contributed by atoms with Crippen molar-refractivity contribution in [3.63, 3.8) is 0 Å². The predicted octanol–water partition coefficient (Wildman–Crippen LogP) is 0.663. The van der Waals surface area contributed by atoms with E-state index in [1.54, 1.807) is 18.2 Å². The number of hydrogen-bond acceptors (Lipinski definition) is 4. The Labute approximate surface area is 91.0 Å². The molecule has 0 atom stereocenters. The minimum Gasteiger partial charge on any atom is -0.214 e. The average Bonchev–Trinajstić information content (AvgIpc) is 2.61. The Morgan fingerprint density at radius 1 is 1.25 bits per heavy atom. The minimum absolute atomic E-state index is 0.0242. The van der Waals surface area contributed by atoms with Crippen molar-refractivity contribution in [1.82, 2.24) is 5.16 Å². The fourth-order valence-corrected chi connectivity index (χ4v) is 2.64. The van der Waals surface area contributed by atoms with Crippen LogP contribution in [0, 0.1) is 11.8 Å². The van der Waals surface area contributed by atoms with Gasteiger partial charge in [-0.3, -0.25) is 0 Å². The van der Waals surface area contributed by atoms with Gasteiger partial charge in [-0.05, 0) is 17.0 Å². The molecule has 0 unspecified atom stereocenters. The normalized spacial score (nSPS) is 11.6. The van der Waals surface area contributed by atoms with Crippen LogP contribution in [0.25, 0.3) is 0 Å². The Hall–Kier alpha value is -1.89. The van der Waals surface area contributed by atoms with E-state index in [1.807, 2.05) is 0 Å². The van der Waals surface area contributed by atoms with Crippen molar-refractivity contribution in [2.24, 2.45) is 0 Å². The van der Waals surface area contributed by atoms with E-state index < -0.39 is 9.84 Å². The zero-order chi connectivity index (χ0) is 11.8. The molecule has 0 saturated heterocycles. The Morgan fingerprint density at radius 2 is 1.88 bits per heavy atom. The molecule has 0 spiro atoms. The lowest BCUT2D eigenvalue weighted by Crippen LogP contribution is -2.14. The van der Waals surface area contributed by atoms with Crippen molar-refractivity contribution in [2.45, 2.75) is 16.8 Å². The summed E-state index contributed by atoms with van der Waals surface area (Å²) >= 11 is 0. The molecular weight excluding hydrogens is 232 g/mol. The van der Waals surface area contributed by atoms with Gasteiger partial charge in [-0.25, -0.2) is 8.42 Å². The van der Waals surface area contributed by atoms with Crippen LogP contribution >= 0.6 is 0 Å². The molecular formula is C9H9N2O4S+. The zero-order valence-electron chi connectivity index (χ0n) is 8.38. The minimum atomic E-state index is -3.72. The van der Waals surface area contributed by atoms with E-state index in [4.69, 9.17) is 0 Å². The standard InChI is InChI=1S/C9H9N2O4S/c1-7-9(10-15-11(7)12)16(13,14)8-5-3-2-4-6-8/h2-6,10H,1H3/q+1. The molecule has 0 fully saturated rings. The highest BCUT2D eigenvalue weighted by molar-refractivity contribution is 7.91. The summed E-state index contributed by atoms with van der Waals surface area (Å²) in [5, 5.41) is 1.87. The smallest absolute Gasteiger partial charge is 0.214 e. The number of sulfone groups is 1. The lowest BCUT2D eigenvalue weighted by Gasteiger charge is -1.96. The van der Waals surface area contributed by atoms with E-state index in [2.05, 4.69) is 9.79 Å². The van der Waals surface area contributed by atoms with Gasteiger partial charge in [0.05, 0.1) is 4.90 Å². The summed E-state index contributed by atoms with van der Waals surface area (Å²) in [5.41, 5.74) is -0.0242. The Kier molecular flexibility index (Phi) is 2.39. The topological polar surface area (TPSA) is 86.0 Å². The largest absolute Gasteiger partial charge is 0.310 e. The van der Waals surface area contributed by atoms with Crippen molar-refractivity contribution in [1.29, 1.82) is 0 Å². The lowest BCUT2D eigenvalue weighted by molar-refractivity contribution is -0.718. The maximum absolute atomic E-state index is 12.0. The van der Waals surface area contributed by atoms with Gasteiger partial charge in [-0.2, -0.15) is 0 Å². The summed E-state index contributed by atoms with van der Waals surface area (Å²) < 4.78 is 28.5. The number of nitrogens with zero attached hydrogens (tertiary/aromatic N) is 1.